The van der Waals surface area contributed by atoms with Crippen LogP contribution in [-0.4, -0.2) is 11.9 Å². The molecule has 0 amide bonds. The van der Waals surface area contributed by atoms with Crippen LogP contribution >= 0.6 is 0 Å². The second kappa shape index (κ2) is 5.07. The molecular formula is C15H18N2O3. The van der Waals surface area contributed by atoms with Gasteiger partial charge in [0.2, 0.25) is 12.7 Å². The third-order valence-corrected chi connectivity index (χ3v) is 3.41. The van der Waals surface area contributed by atoms with Gasteiger partial charge in [0.25, 0.3) is 0 Å². The van der Waals surface area contributed by atoms with Gasteiger partial charge in [0.05, 0.1) is 11.3 Å². The van der Waals surface area contributed by atoms with Crippen molar-refractivity contribution in [2.24, 2.45) is 5.92 Å². The molecule has 1 aromatic heterocycles. The molecule has 0 unspecified atom stereocenters. The summed E-state index contributed by atoms with van der Waals surface area (Å²) in [5.41, 5.74) is 8.64. The molecule has 3 rings (SSSR count). The van der Waals surface area contributed by atoms with Crippen LogP contribution in [0.3, 0.4) is 0 Å². The van der Waals surface area contributed by atoms with E-state index in [0.29, 0.717) is 11.8 Å². The third-order valence-electron chi connectivity index (χ3n) is 3.41. The quantitative estimate of drug-likeness (QED) is 0.926. The van der Waals surface area contributed by atoms with E-state index in [4.69, 9.17) is 19.7 Å². The molecule has 0 atom stereocenters. The van der Waals surface area contributed by atoms with Crippen LogP contribution in [-0.2, 0) is 6.42 Å². The average Bonchev–Trinajstić information content (AvgIpc) is 3.01. The summed E-state index contributed by atoms with van der Waals surface area (Å²) in [5, 5.41) is 4.09. The predicted molar refractivity (Wildman–Crippen MR) is 75.6 cm³/mol. The number of nitrogens with zero attached hydrogens (tertiary/aromatic N) is 1. The Morgan fingerprint density at radius 2 is 2.05 bits per heavy atom. The summed E-state index contributed by atoms with van der Waals surface area (Å²) in [5.74, 6) is 2.45. The van der Waals surface area contributed by atoms with E-state index in [1.54, 1.807) is 0 Å². The highest BCUT2D eigenvalue weighted by molar-refractivity contribution is 5.77. The lowest BCUT2D eigenvalue weighted by atomic mass is 9.99. The van der Waals surface area contributed by atoms with Gasteiger partial charge in [0.15, 0.2) is 11.5 Å². The summed E-state index contributed by atoms with van der Waals surface area (Å²) in [6, 6.07) is 5.76. The molecule has 0 bridgehead atoms. The Morgan fingerprint density at radius 1 is 1.25 bits per heavy atom. The second-order valence-electron chi connectivity index (χ2n) is 5.37. The zero-order chi connectivity index (χ0) is 14.1. The number of fused-ring (bicyclic) bond motifs is 1. The van der Waals surface area contributed by atoms with Crippen molar-refractivity contribution in [2.45, 2.75) is 26.7 Å². The standard InChI is InChI=1S/C15H18N2O3/c1-9(2)3-5-11-14(15(16)20-17-11)10-4-6-12-13(7-10)19-8-18-12/h4,6-7,9H,3,5,8,16H2,1-2H3. The number of aryl methyl sites for hydroxylation is 1. The van der Waals surface area contributed by atoms with Crippen molar-refractivity contribution in [3.05, 3.63) is 23.9 Å². The van der Waals surface area contributed by atoms with Crippen molar-refractivity contribution >= 4 is 5.88 Å². The molecule has 106 valence electrons. The van der Waals surface area contributed by atoms with E-state index in [1.807, 2.05) is 18.2 Å². The zero-order valence-electron chi connectivity index (χ0n) is 11.7. The largest absolute Gasteiger partial charge is 0.454 e. The Kier molecular flexibility index (Phi) is 3.26. The molecule has 2 N–H and O–H groups in total. The van der Waals surface area contributed by atoms with Gasteiger partial charge in [-0.2, -0.15) is 0 Å². The van der Waals surface area contributed by atoms with Crippen molar-refractivity contribution in [2.75, 3.05) is 12.5 Å². The van der Waals surface area contributed by atoms with E-state index >= 15 is 0 Å². The predicted octanol–water partition coefficient (Wildman–Crippen LogP) is 3.24. The maximum Gasteiger partial charge on any atom is 0.231 e. The minimum Gasteiger partial charge on any atom is -0.454 e. The first-order chi connectivity index (χ1) is 9.65. The van der Waals surface area contributed by atoms with Crippen molar-refractivity contribution in [1.29, 1.82) is 0 Å². The number of aromatic nitrogens is 1. The van der Waals surface area contributed by atoms with Crippen LogP contribution < -0.4 is 15.2 Å². The third kappa shape index (κ3) is 2.31. The van der Waals surface area contributed by atoms with Crippen molar-refractivity contribution in [3.8, 4) is 22.6 Å². The fraction of sp³-hybridized carbons (Fsp3) is 0.400. The van der Waals surface area contributed by atoms with E-state index in [9.17, 15) is 0 Å². The van der Waals surface area contributed by atoms with E-state index in [2.05, 4.69) is 19.0 Å². The van der Waals surface area contributed by atoms with E-state index < -0.39 is 0 Å². The highest BCUT2D eigenvalue weighted by atomic mass is 16.7. The number of rotatable bonds is 4. The monoisotopic (exact) mass is 274 g/mol. The van der Waals surface area contributed by atoms with Crippen LogP contribution in [0.1, 0.15) is 26.0 Å². The summed E-state index contributed by atoms with van der Waals surface area (Å²) in [6.45, 7) is 4.63. The van der Waals surface area contributed by atoms with Gasteiger partial charge >= 0.3 is 0 Å². The first kappa shape index (κ1) is 12.8. The van der Waals surface area contributed by atoms with Crippen molar-refractivity contribution < 1.29 is 14.0 Å². The smallest absolute Gasteiger partial charge is 0.231 e. The fourth-order valence-electron chi connectivity index (χ4n) is 2.29. The minimum atomic E-state index is 0.262. The fourth-order valence-corrected chi connectivity index (χ4v) is 2.29. The summed E-state index contributed by atoms with van der Waals surface area (Å²) in [6.07, 6.45) is 1.89. The number of hydrogen-bond donors (Lipinski definition) is 1. The van der Waals surface area contributed by atoms with Crippen molar-refractivity contribution in [3.63, 3.8) is 0 Å². The van der Waals surface area contributed by atoms with E-state index in [0.717, 1.165) is 41.2 Å². The molecule has 0 saturated heterocycles. The van der Waals surface area contributed by atoms with Gasteiger partial charge in [-0.3, -0.25) is 0 Å². The lowest BCUT2D eigenvalue weighted by Crippen LogP contribution is -1.95. The summed E-state index contributed by atoms with van der Waals surface area (Å²) >= 11 is 0. The molecule has 2 aromatic rings. The summed E-state index contributed by atoms with van der Waals surface area (Å²) in [4.78, 5) is 0. The number of nitrogens with two attached hydrogens (primary N) is 1. The molecular weight excluding hydrogens is 256 g/mol. The number of benzene rings is 1. The van der Waals surface area contributed by atoms with Gasteiger partial charge in [-0.1, -0.05) is 25.1 Å². The molecule has 2 heterocycles. The van der Waals surface area contributed by atoms with Crippen LogP contribution in [0.5, 0.6) is 11.5 Å². The van der Waals surface area contributed by atoms with Gasteiger partial charge < -0.3 is 19.7 Å². The summed E-state index contributed by atoms with van der Waals surface area (Å²) in [7, 11) is 0. The molecule has 1 aliphatic rings. The molecule has 5 heteroatoms. The Hall–Kier alpha value is -2.17. The molecule has 0 spiro atoms. The minimum absolute atomic E-state index is 0.262. The zero-order valence-corrected chi connectivity index (χ0v) is 11.7. The molecule has 20 heavy (non-hydrogen) atoms. The van der Waals surface area contributed by atoms with Crippen LogP contribution in [0.2, 0.25) is 0 Å². The highest BCUT2D eigenvalue weighted by Gasteiger charge is 2.20. The Balaban J connectivity index is 1.95. The summed E-state index contributed by atoms with van der Waals surface area (Å²) < 4.78 is 15.9. The maximum atomic E-state index is 5.92. The highest BCUT2D eigenvalue weighted by Crippen LogP contribution is 2.39. The molecule has 1 aliphatic heterocycles. The number of ether oxygens (including phenoxy) is 2. The second-order valence-corrected chi connectivity index (χ2v) is 5.37. The molecule has 0 aliphatic carbocycles. The normalized spacial score (nSPS) is 13.2. The van der Waals surface area contributed by atoms with Crippen LogP contribution in [0.15, 0.2) is 22.7 Å². The van der Waals surface area contributed by atoms with Crippen LogP contribution in [0.25, 0.3) is 11.1 Å². The topological polar surface area (TPSA) is 70.5 Å². The number of nitrogen functional groups attached to an aromatic ring is 1. The molecule has 0 fully saturated rings. The number of anilines is 1. The lowest BCUT2D eigenvalue weighted by Gasteiger charge is -2.05. The maximum absolute atomic E-state index is 5.92. The molecule has 5 nitrogen and oxygen atoms in total. The van der Waals surface area contributed by atoms with Gasteiger partial charge in [-0.25, -0.2) is 0 Å². The van der Waals surface area contributed by atoms with Crippen LogP contribution in [0.4, 0.5) is 5.88 Å². The molecule has 0 saturated carbocycles. The lowest BCUT2D eigenvalue weighted by molar-refractivity contribution is 0.174. The van der Waals surface area contributed by atoms with Gasteiger partial charge in [-0.15, -0.1) is 0 Å². The Labute approximate surface area is 117 Å². The molecule has 0 radical (unpaired) electrons. The Morgan fingerprint density at radius 3 is 2.85 bits per heavy atom. The van der Waals surface area contributed by atoms with Gasteiger partial charge in [-0.05, 0) is 36.5 Å². The van der Waals surface area contributed by atoms with E-state index in [1.165, 1.54) is 0 Å². The first-order valence-electron chi connectivity index (χ1n) is 6.79. The SMILES string of the molecule is CC(C)CCc1noc(N)c1-c1ccc2c(c1)OCO2. The van der Waals surface area contributed by atoms with E-state index in [-0.39, 0.29) is 6.79 Å². The van der Waals surface area contributed by atoms with Gasteiger partial charge in [0, 0.05) is 0 Å². The molecule has 1 aromatic carbocycles. The van der Waals surface area contributed by atoms with Crippen molar-refractivity contribution in [1.82, 2.24) is 5.16 Å². The average molecular weight is 274 g/mol. The Bertz CT molecular complexity index is 620. The van der Waals surface area contributed by atoms with Gasteiger partial charge in [0.1, 0.15) is 0 Å². The van der Waals surface area contributed by atoms with Crippen LogP contribution in [0, 0.1) is 5.92 Å². The first-order valence-corrected chi connectivity index (χ1v) is 6.79. The number of hydrogen-bond acceptors (Lipinski definition) is 5.